The van der Waals surface area contributed by atoms with Crippen molar-refractivity contribution < 1.29 is 9.59 Å². The summed E-state index contributed by atoms with van der Waals surface area (Å²) < 4.78 is 0. The number of carbonyl (C=O) groups is 2. The lowest BCUT2D eigenvalue weighted by Gasteiger charge is -2.27. The molecule has 2 fully saturated rings. The number of carbonyl (C=O) groups excluding carboxylic acids is 2. The normalized spacial score (nSPS) is 20.2. The largest absolute Gasteiger partial charge is 0.344 e. The van der Waals surface area contributed by atoms with Crippen LogP contribution in [0.5, 0.6) is 0 Å². The molecule has 3 aromatic rings. The highest BCUT2D eigenvalue weighted by Gasteiger charge is 2.38. The van der Waals surface area contributed by atoms with Gasteiger partial charge < -0.3 is 15.5 Å². The molecule has 8 nitrogen and oxygen atoms in total. The van der Waals surface area contributed by atoms with Crippen LogP contribution in [-0.2, 0) is 9.59 Å². The molecule has 4 heterocycles. The molecule has 2 N–H and O–H groups in total. The number of pyridine rings is 1. The van der Waals surface area contributed by atoms with E-state index in [9.17, 15) is 9.59 Å². The number of hydrogen-bond acceptors (Lipinski definition) is 6. The molecule has 2 saturated heterocycles. The van der Waals surface area contributed by atoms with Crippen molar-refractivity contribution in [3.63, 3.8) is 0 Å². The molecule has 5 rings (SSSR count). The molecule has 0 saturated carbocycles. The summed E-state index contributed by atoms with van der Waals surface area (Å²) in [6.07, 6.45) is 6.09. The first-order chi connectivity index (χ1) is 15.7. The molecule has 2 aliphatic heterocycles. The van der Waals surface area contributed by atoms with Crippen LogP contribution < -0.4 is 10.6 Å². The lowest BCUT2D eigenvalue weighted by molar-refractivity contribution is -0.135. The van der Waals surface area contributed by atoms with Gasteiger partial charge in [-0.1, -0.05) is 18.2 Å². The summed E-state index contributed by atoms with van der Waals surface area (Å²) in [6.45, 7) is 0.637. The van der Waals surface area contributed by atoms with Gasteiger partial charge >= 0.3 is 0 Å². The highest BCUT2D eigenvalue weighted by Crippen LogP contribution is 2.33. The molecule has 0 radical (unpaired) electrons. The second-order valence-electron chi connectivity index (χ2n) is 8.08. The van der Waals surface area contributed by atoms with Crippen LogP contribution in [0.3, 0.4) is 0 Å². The molecule has 0 bridgehead atoms. The smallest absolute Gasteiger partial charge is 0.245 e. The fourth-order valence-corrected chi connectivity index (χ4v) is 4.31. The van der Waals surface area contributed by atoms with Crippen molar-refractivity contribution in [2.24, 2.45) is 0 Å². The van der Waals surface area contributed by atoms with Gasteiger partial charge in [0, 0.05) is 42.7 Å². The molecular formula is C24H24N6O2. The summed E-state index contributed by atoms with van der Waals surface area (Å²) in [5.74, 6) is 1.14. The fourth-order valence-electron chi connectivity index (χ4n) is 4.31. The summed E-state index contributed by atoms with van der Waals surface area (Å²) in [5.41, 5.74) is 2.54. The maximum Gasteiger partial charge on any atom is 0.245 e. The molecule has 0 aliphatic carbocycles. The van der Waals surface area contributed by atoms with Gasteiger partial charge in [0.05, 0.1) is 11.7 Å². The van der Waals surface area contributed by atoms with E-state index >= 15 is 0 Å². The van der Waals surface area contributed by atoms with Crippen molar-refractivity contribution in [1.29, 1.82) is 0 Å². The third kappa shape index (κ3) is 4.16. The number of benzene rings is 1. The fraction of sp³-hybridized carbons (Fsp3) is 0.292. The van der Waals surface area contributed by atoms with Crippen LogP contribution in [0.4, 0.5) is 11.5 Å². The first-order valence-electron chi connectivity index (χ1n) is 10.9. The summed E-state index contributed by atoms with van der Waals surface area (Å²) in [7, 11) is 0. The maximum atomic E-state index is 13.1. The van der Waals surface area contributed by atoms with Crippen molar-refractivity contribution >= 4 is 23.3 Å². The van der Waals surface area contributed by atoms with Gasteiger partial charge in [0.25, 0.3) is 0 Å². The van der Waals surface area contributed by atoms with Crippen LogP contribution in [0.2, 0.25) is 0 Å². The van der Waals surface area contributed by atoms with Gasteiger partial charge in [0.15, 0.2) is 5.82 Å². The molecule has 2 atom stereocenters. The third-order valence-electron chi connectivity index (χ3n) is 5.87. The maximum absolute atomic E-state index is 13.1. The van der Waals surface area contributed by atoms with E-state index in [0.29, 0.717) is 31.0 Å². The minimum atomic E-state index is -0.452. The summed E-state index contributed by atoms with van der Waals surface area (Å²) >= 11 is 0. The minimum Gasteiger partial charge on any atom is -0.344 e. The first kappa shape index (κ1) is 20.1. The zero-order valence-electron chi connectivity index (χ0n) is 17.6. The lowest BCUT2D eigenvalue weighted by atomic mass is 10.1. The molecule has 32 heavy (non-hydrogen) atoms. The van der Waals surface area contributed by atoms with Crippen molar-refractivity contribution in [1.82, 2.24) is 25.2 Å². The van der Waals surface area contributed by atoms with E-state index in [4.69, 9.17) is 9.97 Å². The highest BCUT2D eigenvalue weighted by molar-refractivity contribution is 5.91. The Hall–Kier alpha value is -3.81. The number of amides is 2. The number of rotatable bonds is 5. The molecule has 0 spiro atoms. The van der Waals surface area contributed by atoms with Gasteiger partial charge in [0.2, 0.25) is 11.8 Å². The van der Waals surface area contributed by atoms with E-state index in [1.54, 1.807) is 12.4 Å². The van der Waals surface area contributed by atoms with Crippen LogP contribution in [0, 0.1) is 0 Å². The number of nitrogens with one attached hydrogen (secondary N) is 2. The van der Waals surface area contributed by atoms with E-state index in [1.807, 2.05) is 53.4 Å². The SMILES string of the molecule is O=C1CC[C@@H](C(=O)N2CCC[C@@H]2c2nc(Nc3ccccc3)cc(-c3cccnc3)n2)N1. The number of nitrogens with zero attached hydrogens (tertiary/aromatic N) is 4. The monoisotopic (exact) mass is 428 g/mol. The van der Waals surface area contributed by atoms with E-state index in [1.165, 1.54) is 0 Å². The predicted molar refractivity (Wildman–Crippen MR) is 120 cm³/mol. The molecular weight excluding hydrogens is 404 g/mol. The van der Waals surface area contributed by atoms with E-state index < -0.39 is 6.04 Å². The Morgan fingerprint density at radius 2 is 1.97 bits per heavy atom. The van der Waals surface area contributed by atoms with E-state index in [-0.39, 0.29) is 17.9 Å². The standard InChI is InChI=1S/C24H24N6O2/c31-22-11-10-18(27-22)24(32)30-13-5-9-20(30)23-28-19(16-6-4-12-25-15-16)14-21(29-23)26-17-7-2-1-3-8-17/h1-4,6-8,12,14-15,18,20H,5,9-11,13H2,(H,27,31)(H,26,28,29)/t18-,20+/m0/s1. The summed E-state index contributed by atoms with van der Waals surface area (Å²) in [5, 5.41) is 6.14. The van der Waals surface area contributed by atoms with Crippen molar-refractivity contribution in [2.45, 2.75) is 37.8 Å². The average Bonchev–Trinajstić information content (AvgIpc) is 3.49. The zero-order valence-corrected chi connectivity index (χ0v) is 17.6. The van der Waals surface area contributed by atoms with E-state index in [0.717, 1.165) is 29.8 Å². The molecule has 2 aromatic heterocycles. The number of anilines is 2. The van der Waals surface area contributed by atoms with Crippen LogP contribution >= 0.6 is 0 Å². The van der Waals surface area contributed by atoms with Gasteiger partial charge in [-0.25, -0.2) is 9.97 Å². The van der Waals surface area contributed by atoms with Gasteiger partial charge in [-0.2, -0.15) is 0 Å². The lowest BCUT2D eigenvalue weighted by Crippen LogP contribution is -2.44. The van der Waals surface area contributed by atoms with Crippen LogP contribution in [-0.4, -0.2) is 44.3 Å². The van der Waals surface area contributed by atoms with E-state index in [2.05, 4.69) is 15.6 Å². The molecule has 1 aromatic carbocycles. The number of para-hydroxylation sites is 1. The second kappa shape index (κ2) is 8.74. The molecule has 162 valence electrons. The van der Waals surface area contributed by atoms with Crippen molar-refractivity contribution in [2.75, 3.05) is 11.9 Å². The Kier molecular flexibility index (Phi) is 5.49. The molecule has 0 unspecified atom stereocenters. The Balaban J connectivity index is 1.49. The Morgan fingerprint density at radius 1 is 1.09 bits per heavy atom. The second-order valence-corrected chi connectivity index (χ2v) is 8.08. The third-order valence-corrected chi connectivity index (χ3v) is 5.87. The van der Waals surface area contributed by atoms with Gasteiger partial charge in [0.1, 0.15) is 11.9 Å². The van der Waals surface area contributed by atoms with Crippen molar-refractivity contribution in [3.05, 3.63) is 66.7 Å². The van der Waals surface area contributed by atoms with Crippen LogP contribution in [0.25, 0.3) is 11.3 Å². The quantitative estimate of drug-likeness (QED) is 0.647. The molecule has 8 heteroatoms. The number of aromatic nitrogens is 3. The number of likely N-dealkylation sites (tertiary alicyclic amines) is 1. The van der Waals surface area contributed by atoms with Crippen molar-refractivity contribution in [3.8, 4) is 11.3 Å². The first-order valence-corrected chi connectivity index (χ1v) is 10.9. The van der Waals surface area contributed by atoms with Crippen LogP contribution in [0.15, 0.2) is 60.9 Å². The van der Waals surface area contributed by atoms with Gasteiger partial charge in [-0.05, 0) is 43.5 Å². The Labute approximate surface area is 186 Å². The predicted octanol–water partition coefficient (Wildman–Crippen LogP) is 3.22. The average molecular weight is 428 g/mol. The summed E-state index contributed by atoms with van der Waals surface area (Å²) in [6, 6.07) is 14.9. The van der Waals surface area contributed by atoms with Gasteiger partial charge in [-0.15, -0.1) is 0 Å². The van der Waals surface area contributed by atoms with Crippen LogP contribution in [0.1, 0.15) is 37.5 Å². The minimum absolute atomic E-state index is 0.0497. The topological polar surface area (TPSA) is 100 Å². The Morgan fingerprint density at radius 3 is 2.72 bits per heavy atom. The molecule has 2 aliphatic rings. The summed E-state index contributed by atoms with van der Waals surface area (Å²) in [4.78, 5) is 40.4. The highest BCUT2D eigenvalue weighted by atomic mass is 16.2. The van der Waals surface area contributed by atoms with Gasteiger partial charge in [-0.3, -0.25) is 14.6 Å². The number of hydrogen-bond donors (Lipinski definition) is 2. The molecule has 2 amide bonds. The Bertz CT molecular complexity index is 1120. The zero-order chi connectivity index (χ0) is 21.9.